The molecule has 1 aliphatic rings. The second-order valence-electron chi connectivity index (χ2n) is 6.38. The maximum atomic E-state index is 12.9. The lowest BCUT2D eigenvalue weighted by Gasteiger charge is -2.32. The van der Waals surface area contributed by atoms with E-state index in [0.29, 0.717) is 13.1 Å². The van der Waals surface area contributed by atoms with Crippen molar-refractivity contribution in [3.63, 3.8) is 0 Å². The van der Waals surface area contributed by atoms with E-state index in [4.69, 9.17) is 5.73 Å². The fourth-order valence-corrected chi connectivity index (χ4v) is 3.29. The number of amides is 2. The van der Waals surface area contributed by atoms with Gasteiger partial charge in [0.25, 0.3) is 11.8 Å². The van der Waals surface area contributed by atoms with Crippen molar-refractivity contribution in [3.8, 4) is 0 Å². The van der Waals surface area contributed by atoms with Gasteiger partial charge in [-0.05, 0) is 30.9 Å². The molecule has 0 saturated carbocycles. The zero-order chi connectivity index (χ0) is 17.8. The van der Waals surface area contributed by atoms with E-state index in [1.165, 1.54) is 0 Å². The van der Waals surface area contributed by atoms with E-state index in [0.717, 1.165) is 36.8 Å². The van der Waals surface area contributed by atoms with Crippen LogP contribution >= 0.6 is 0 Å². The molecule has 2 N–H and O–H groups in total. The van der Waals surface area contributed by atoms with Gasteiger partial charge < -0.3 is 10.6 Å². The smallest absolute Gasteiger partial charge is 0.270 e. The van der Waals surface area contributed by atoms with Gasteiger partial charge in [0.05, 0.1) is 12.2 Å². The number of carbonyl (C=O) groups is 2. The van der Waals surface area contributed by atoms with E-state index in [-0.39, 0.29) is 17.6 Å². The molecule has 0 unspecified atom stereocenters. The van der Waals surface area contributed by atoms with Crippen LogP contribution in [-0.4, -0.2) is 44.8 Å². The minimum absolute atomic E-state index is 0.0962. The van der Waals surface area contributed by atoms with Crippen molar-refractivity contribution < 1.29 is 9.59 Å². The molecule has 0 bridgehead atoms. The number of hydrogen-bond acceptors (Lipinski definition) is 4. The Morgan fingerprint density at radius 3 is 2.60 bits per heavy atom. The first-order valence-electron chi connectivity index (χ1n) is 8.69. The molecule has 0 atom stereocenters. The summed E-state index contributed by atoms with van der Waals surface area (Å²) in [7, 11) is 0. The van der Waals surface area contributed by atoms with Crippen molar-refractivity contribution in [3.05, 3.63) is 47.3 Å². The molecule has 1 saturated heterocycles. The Bertz CT molecular complexity index is 762. The average molecular weight is 341 g/mol. The molecule has 1 aliphatic heterocycles. The van der Waals surface area contributed by atoms with E-state index in [2.05, 4.69) is 17.2 Å². The summed E-state index contributed by atoms with van der Waals surface area (Å²) in [5, 5.41) is 7.77. The van der Waals surface area contributed by atoms with Crippen molar-refractivity contribution in [2.24, 2.45) is 5.73 Å². The Hall–Kier alpha value is -2.70. The number of nitrogens with two attached hydrogens (primary N) is 1. The number of aromatic nitrogens is 3. The van der Waals surface area contributed by atoms with Gasteiger partial charge in [0.1, 0.15) is 0 Å². The largest absolute Gasteiger partial charge is 0.364 e. The summed E-state index contributed by atoms with van der Waals surface area (Å²) in [5.74, 6) is -0.481. The first-order valence-corrected chi connectivity index (χ1v) is 8.69. The lowest BCUT2D eigenvalue weighted by Crippen LogP contribution is -2.39. The molecule has 3 rings (SSSR count). The third-order valence-corrected chi connectivity index (χ3v) is 4.66. The van der Waals surface area contributed by atoms with Gasteiger partial charge in [0, 0.05) is 18.7 Å². The highest BCUT2D eigenvalue weighted by Crippen LogP contribution is 2.24. The number of aryl methyl sites for hydroxylation is 1. The van der Waals surface area contributed by atoms with Crippen molar-refractivity contribution in [1.82, 2.24) is 19.9 Å². The van der Waals surface area contributed by atoms with Crippen LogP contribution in [0.3, 0.4) is 0 Å². The number of benzene rings is 1. The zero-order valence-electron chi connectivity index (χ0n) is 14.4. The molecule has 1 aromatic carbocycles. The first-order chi connectivity index (χ1) is 12.1. The fraction of sp³-hybridized carbons (Fsp3) is 0.444. The third-order valence-electron chi connectivity index (χ3n) is 4.66. The van der Waals surface area contributed by atoms with E-state index in [1.54, 1.807) is 10.9 Å². The Balaban J connectivity index is 1.65. The minimum atomic E-state index is -0.577. The highest BCUT2D eigenvalue weighted by Gasteiger charge is 2.26. The van der Waals surface area contributed by atoms with Crippen molar-refractivity contribution in [2.45, 2.75) is 38.6 Å². The topological polar surface area (TPSA) is 94.1 Å². The second kappa shape index (κ2) is 7.46. The number of rotatable bonds is 5. The average Bonchev–Trinajstić information content (AvgIpc) is 3.12. The molecule has 2 aromatic rings. The van der Waals surface area contributed by atoms with Crippen LogP contribution < -0.4 is 5.73 Å². The molecule has 1 fully saturated rings. The fourth-order valence-electron chi connectivity index (χ4n) is 3.29. The SMILES string of the molecule is CCCc1ccccc1C(=O)N1CCC(n2cc(C(N)=O)nn2)CC1. The highest BCUT2D eigenvalue weighted by molar-refractivity contribution is 5.95. The maximum Gasteiger partial charge on any atom is 0.270 e. The Kier molecular flexibility index (Phi) is 5.11. The molecule has 132 valence electrons. The number of primary amides is 1. The van der Waals surface area contributed by atoms with Gasteiger partial charge in [-0.3, -0.25) is 9.59 Å². The molecular weight excluding hydrogens is 318 g/mol. The van der Waals surface area contributed by atoms with Crippen LogP contribution in [0.1, 0.15) is 58.6 Å². The maximum absolute atomic E-state index is 12.9. The van der Waals surface area contributed by atoms with Crippen LogP contribution in [0, 0.1) is 0 Å². The predicted molar refractivity (Wildman–Crippen MR) is 93.2 cm³/mol. The molecule has 25 heavy (non-hydrogen) atoms. The van der Waals surface area contributed by atoms with Crippen LogP contribution in [0.4, 0.5) is 0 Å². The van der Waals surface area contributed by atoms with Gasteiger partial charge in [-0.25, -0.2) is 4.68 Å². The Morgan fingerprint density at radius 2 is 1.96 bits per heavy atom. The zero-order valence-corrected chi connectivity index (χ0v) is 14.4. The van der Waals surface area contributed by atoms with Gasteiger partial charge in [0.2, 0.25) is 0 Å². The normalized spacial score (nSPS) is 15.3. The molecule has 1 aromatic heterocycles. The minimum Gasteiger partial charge on any atom is -0.364 e. The van der Waals surface area contributed by atoms with Crippen LogP contribution in [0.25, 0.3) is 0 Å². The van der Waals surface area contributed by atoms with Crippen molar-refractivity contribution in [2.75, 3.05) is 13.1 Å². The van der Waals surface area contributed by atoms with Gasteiger partial charge in [0.15, 0.2) is 5.69 Å². The van der Waals surface area contributed by atoms with Crippen LogP contribution in [0.15, 0.2) is 30.5 Å². The lowest BCUT2D eigenvalue weighted by atomic mass is 10.00. The van der Waals surface area contributed by atoms with Crippen molar-refractivity contribution in [1.29, 1.82) is 0 Å². The van der Waals surface area contributed by atoms with Gasteiger partial charge in [-0.2, -0.15) is 0 Å². The Morgan fingerprint density at radius 1 is 1.24 bits per heavy atom. The molecular formula is C18H23N5O2. The Labute approximate surface area is 146 Å². The quantitative estimate of drug-likeness (QED) is 0.897. The number of carbonyl (C=O) groups excluding carboxylic acids is 2. The molecule has 7 heteroatoms. The molecule has 0 aliphatic carbocycles. The van der Waals surface area contributed by atoms with Gasteiger partial charge in [-0.1, -0.05) is 36.8 Å². The van der Waals surface area contributed by atoms with Crippen LogP contribution in [0.2, 0.25) is 0 Å². The summed E-state index contributed by atoms with van der Waals surface area (Å²) < 4.78 is 1.69. The summed E-state index contributed by atoms with van der Waals surface area (Å²) in [6.45, 7) is 3.44. The standard InChI is InChI=1S/C18H23N5O2/c1-2-5-13-6-3-4-7-15(13)18(25)22-10-8-14(9-11-22)23-12-16(17(19)24)20-21-23/h3-4,6-7,12,14H,2,5,8-11H2,1H3,(H2,19,24). The highest BCUT2D eigenvalue weighted by atomic mass is 16.2. The molecule has 2 heterocycles. The van der Waals surface area contributed by atoms with Gasteiger partial charge in [-0.15, -0.1) is 5.10 Å². The number of piperidine rings is 1. The summed E-state index contributed by atoms with van der Waals surface area (Å²) in [4.78, 5) is 25.9. The second-order valence-corrected chi connectivity index (χ2v) is 6.38. The number of nitrogens with zero attached hydrogens (tertiary/aromatic N) is 4. The number of likely N-dealkylation sites (tertiary alicyclic amines) is 1. The molecule has 7 nitrogen and oxygen atoms in total. The lowest BCUT2D eigenvalue weighted by molar-refractivity contribution is 0.0688. The molecule has 2 amide bonds. The summed E-state index contributed by atoms with van der Waals surface area (Å²) in [6.07, 6.45) is 5.07. The monoisotopic (exact) mass is 341 g/mol. The van der Waals surface area contributed by atoms with Crippen LogP contribution in [-0.2, 0) is 6.42 Å². The predicted octanol–water partition coefficient (Wildman–Crippen LogP) is 1.81. The summed E-state index contributed by atoms with van der Waals surface area (Å²) >= 11 is 0. The van der Waals surface area contributed by atoms with E-state index in [9.17, 15) is 9.59 Å². The van der Waals surface area contributed by atoms with E-state index >= 15 is 0 Å². The molecule has 0 spiro atoms. The first kappa shape index (κ1) is 17.1. The third kappa shape index (κ3) is 3.70. The number of hydrogen-bond donors (Lipinski definition) is 1. The van der Waals surface area contributed by atoms with Crippen LogP contribution in [0.5, 0.6) is 0 Å². The summed E-state index contributed by atoms with van der Waals surface area (Å²) in [6, 6.07) is 7.98. The summed E-state index contributed by atoms with van der Waals surface area (Å²) in [5.41, 5.74) is 7.30. The molecule has 0 radical (unpaired) electrons. The van der Waals surface area contributed by atoms with Crippen molar-refractivity contribution >= 4 is 11.8 Å². The van der Waals surface area contributed by atoms with E-state index < -0.39 is 5.91 Å². The van der Waals surface area contributed by atoms with E-state index in [1.807, 2.05) is 29.2 Å². The van der Waals surface area contributed by atoms with Gasteiger partial charge >= 0.3 is 0 Å².